The molecule has 0 aliphatic carbocycles. The first-order chi connectivity index (χ1) is 9.78. The van der Waals surface area contributed by atoms with Crippen LogP contribution in [0.25, 0.3) is 0 Å². The van der Waals surface area contributed by atoms with Crippen LogP contribution in [0.5, 0.6) is 5.75 Å². The van der Waals surface area contributed by atoms with Crippen molar-refractivity contribution in [2.24, 2.45) is 0 Å². The highest BCUT2D eigenvalue weighted by Gasteiger charge is 2.41. The number of para-hydroxylation sites is 1. The number of methoxy groups -OCH3 is 1. The monoisotopic (exact) mass is 388 g/mol. The molecule has 0 aliphatic rings. The van der Waals surface area contributed by atoms with Crippen LogP contribution in [0, 0.1) is 0 Å². The number of rotatable bonds is 8. The van der Waals surface area contributed by atoms with Crippen molar-refractivity contribution in [3.8, 4) is 5.75 Å². The minimum Gasteiger partial charge on any atom is -1.00 e. The Hall–Kier alpha value is -0.820. The summed E-state index contributed by atoms with van der Waals surface area (Å²) in [5.41, 5.74) is 8.04. The van der Waals surface area contributed by atoms with E-state index in [-0.39, 0.29) is 44.1 Å². The number of hydrogen-bond acceptors (Lipinski definition) is 4. The van der Waals surface area contributed by atoms with Gasteiger partial charge in [0.15, 0.2) is 11.6 Å². The molecule has 1 unspecified atom stereocenters. The van der Waals surface area contributed by atoms with Crippen molar-refractivity contribution >= 4 is 13.3 Å². The summed E-state index contributed by atoms with van der Waals surface area (Å²) < 4.78 is 17.8. The van der Waals surface area contributed by atoms with E-state index in [0.29, 0.717) is 5.75 Å². The minimum atomic E-state index is -3.25. The molecule has 1 rings (SSSR count). The third kappa shape index (κ3) is 7.08. The van der Waals surface area contributed by atoms with Crippen LogP contribution < -0.4 is 40.8 Å². The van der Waals surface area contributed by atoms with E-state index in [2.05, 4.69) is 11.2 Å². The summed E-state index contributed by atoms with van der Waals surface area (Å²) in [6.45, 7) is 0. The fourth-order valence-electron chi connectivity index (χ4n) is 1.97. The van der Waals surface area contributed by atoms with Gasteiger partial charge < -0.3 is 51.0 Å². The number of quaternary nitrogens is 2. The van der Waals surface area contributed by atoms with Crippen LogP contribution in [-0.4, -0.2) is 34.9 Å². The van der Waals surface area contributed by atoms with Crippen LogP contribution in [0.2, 0.25) is 0 Å². The molecule has 0 saturated heterocycles. The van der Waals surface area contributed by atoms with Crippen molar-refractivity contribution in [3.63, 3.8) is 0 Å². The highest BCUT2D eigenvalue weighted by molar-refractivity contribution is 7.57. The average molecular weight is 389 g/mol. The molecule has 1 aromatic rings. The quantitative estimate of drug-likeness (QED) is 0.328. The van der Waals surface area contributed by atoms with Crippen molar-refractivity contribution in [3.05, 3.63) is 29.8 Å². The first-order valence-electron chi connectivity index (χ1n) is 6.57. The number of benzene rings is 1. The van der Waals surface area contributed by atoms with Crippen molar-refractivity contribution in [2.45, 2.75) is 30.9 Å². The van der Waals surface area contributed by atoms with Crippen molar-refractivity contribution in [1.29, 1.82) is 0 Å². The highest BCUT2D eigenvalue weighted by Crippen LogP contribution is 2.43. The molecular weight excluding hydrogens is 366 g/mol. The van der Waals surface area contributed by atoms with Crippen molar-refractivity contribution < 1.29 is 60.4 Å². The van der Waals surface area contributed by atoms with E-state index < -0.39 is 24.9 Å². The largest absolute Gasteiger partial charge is 1.00 e. The zero-order valence-electron chi connectivity index (χ0n) is 12.8. The zero-order chi connectivity index (χ0) is 16.0. The lowest BCUT2D eigenvalue weighted by Gasteiger charge is -2.20. The molecule has 0 fully saturated rings. The van der Waals surface area contributed by atoms with E-state index in [1.807, 2.05) is 0 Å². The number of hydrogen-bond donors (Lipinski definition) is 4. The number of carbonyl (C=O) groups is 1. The Balaban J connectivity index is 0. The Kier molecular flexibility index (Phi) is 11.5. The third-order valence-corrected chi connectivity index (χ3v) is 6.09. The predicted octanol–water partition coefficient (Wildman–Crippen LogP) is -6.48. The summed E-state index contributed by atoms with van der Waals surface area (Å²) in [7, 11) is -1.73. The maximum Gasteiger partial charge on any atom is 0.325 e. The number of halogens is 2. The molecule has 0 heterocycles. The molecule has 23 heavy (non-hydrogen) atoms. The van der Waals surface area contributed by atoms with E-state index in [9.17, 15) is 14.5 Å². The van der Waals surface area contributed by atoms with E-state index in [4.69, 9.17) is 9.84 Å². The van der Waals surface area contributed by atoms with Crippen LogP contribution in [0.3, 0.4) is 0 Å². The summed E-state index contributed by atoms with van der Waals surface area (Å²) in [5.74, 6) is -2.26. The molecule has 0 spiro atoms. The third-order valence-electron chi connectivity index (χ3n) is 3.41. The van der Waals surface area contributed by atoms with Gasteiger partial charge >= 0.3 is 13.3 Å². The lowest BCUT2D eigenvalue weighted by atomic mass is 10.1. The second-order valence-corrected chi connectivity index (χ2v) is 7.97. The number of aliphatic hydroxyl groups is 1. The van der Waals surface area contributed by atoms with Crippen LogP contribution >= 0.6 is 7.29 Å². The van der Waals surface area contributed by atoms with Crippen molar-refractivity contribution in [2.75, 3.05) is 7.11 Å². The second-order valence-electron chi connectivity index (χ2n) is 4.94. The summed E-state index contributed by atoms with van der Waals surface area (Å²) in [6, 6.07) is 7.12. The van der Waals surface area contributed by atoms with Gasteiger partial charge in [-0.15, -0.1) is 0 Å². The lowest BCUT2D eigenvalue weighted by molar-refractivity contribution is -0.403. The molecule has 3 atom stereocenters. The van der Waals surface area contributed by atoms with Crippen LogP contribution in [-0.2, 0) is 15.8 Å². The van der Waals surface area contributed by atoms with Gasteiger partial charge in [-0.05, 0) is 11.6 Å². The van der Waals surface area contributed by atoms with E-state index in [1.165, 1.54) is 7.11 Å². The van der Waals surface area contributed by atoms with Crippen LogP contribution in [0.15, 0.2) is 24.3 Å². The summed E-state index contributed by atoms with van der Waals surface area (Å²) in [6.07, 6.45) is 0.109. The van der Waals surface area contributed by atoms with Gasteiger partial charge in [0, 0.05) is 12.8 Å². The standard InChI is InChI=1S/C13H21N2O5P.2ClH/c1-20-10-5-3-2-4-9(10)8-13(18)21(15,19)11(14)6-7-12(16)17;;/h2-5,11,13,18H,6-8,14H2,1H3,(H2,15,19)(H,16,17);2*1H/t11-,13-,21?;;/m1../s1. The molecule has 0 aromatic heterocycles. The minimum absolute atomic E-state index is 0. The molecule has 0 aliphatic heterocycles. The Labute approximate surface area is 147 Å². The molecule has 134 valence electrons. The fraction of sp³-hybridized carbons (Fsp3) is 0.462. The Morgan fingerprint density at radius 2 is 1.91 bits per heavy atom. The maximum atomic E-state index is 12.6. The summed E-state index contributed by atoms with van der Waals surface area (Å²) in [4.78, 5) is 10.6. The summed E-state index contributed by atoms with van der Waals surface area (Å²) in [5, 5.41) is 18.9. The highest BCUT2D eigenvalue weighted by atomic mass is 35.5. The number of carboxylic acid groups (broad SMARTS) is 1. The molecule has 7 nitrogen and oxygen atoms in total. The molecule has 0 bridgehead atoms. The van der Waals surface area contributed by atoms with E-state index in [0.717, 1.165) is 5.56 Å². The predicted molar refractivity (Wildman–Crippen MR) is 76.7 cm³/mol. The smallest absolute Gasteiger partial charge is 0.325 e. The number of aliphatic hydroxyl groups excluding tert-OH is 1. The molecule has 10 heteroatoms. The normalized spacial score (nSPS) is 15.3. The number of ether oxygens (including phenoxy) is 1. The first kappa shape index (κ1) is 24.4. The molecule has 1 aromatic carbocycles. The van der Waals surface area contributed by atoms with Crippen LogP contribution in [0.1, 0.15) is 18.4 Å². The number of aliphatic carboxylic acids is 1. The lowest BCUT2D eigenvalue weighted by Crippen LogP contribution is -3.00. The van der Waals surface area contributed by atoms with Gasteiger partial charge in [0.25, 0.3) is 0 Å². The Morgan fingerprint density at radius 3 is 2.43 bits per heavy atom. The van der Waals surface area contributed by atoms with Gasteiger partial charge in [-0.2, -0.15) is 0 Å². The van der Waals surface area contributed by atoms with Gasteiger partial charge in [0.1, 0.15) is 5.75 Å². The maximum absolute atomic E-state index is 12.6. The van der Waals surface area contributed by atoms with E-state index in [1.54, 1.807) is 24.3 Å². The Bertz CT molecular complexity index is 547. The van der Waals surface area contributed by atoms with Gasteiger partial charge in [0.2, 0.25) is 0 Å². The number of carboxylic acids is 1. The van der Waals surface area contributed by atoms with Gasteiger partial charge in [-0.1, -0.05) is 18.2 Å². The second kappa shape index (κ2) is 10.9. The van der Waals surface area contributed by atoms with Gasteiger partial charge in [-0.3, -0.25) is 4.79 Å². The molecular formula is C13H23Cl2N2O5P. The molecule has 8 N–H and O–H groups in total. The average Bonchev–Trinajstić information content (AvgIpc) is 2.44. The molecule has 0 saturated carbocycles. The first-order valence-corrected chi connectivity index (χ1v) is 8.60. The summed E-state index contributed by atoms with van der Waals surface area (Å²) >= 11 is 0. The SMILES string of the molecule is COc1ccccc1C[C@H](O)P([NH3+])(=O)[C@@H]([NH3+])CCC(=O)O.[Cl-].[Cl-]. The topological polar surface area (TPSA) is 139 Å². The van der Waals surface area contributed by atoms with E-state index >= 15 is 0 Å². The molecule has 0 amide bonds. The fourth-order valence-corrected chi connectivity index (χ4v) is 3.53. The van der Waals surface area contributed by atoms with Crippen LogP contribution in [0.4, 0.5) is 0 Å². The zero-order valence-corrected chi connectivity index (χ0v) is 15.2. The Morgan fingerprint density at radius 1 is 1.35 bits per heavy atom. The van der Waals surface area contributed by atoms with Gasteiger partial charge in [0.05, 0.1) is 13.5 Å². The van der Waals surface area contributed by atoms with Crippen molar-refractivity contribution in [1.82, 2.24) is 0 Å². The molecule has 0 radical (unpaired) electrons. The van der Waals surface area contributed by atoms with Gasteiger partial charge in [-0.25, -0.2) is 4.57 Å².